The number of allylic oxidation sites excluding steroid dienone is 1. The third-order valence-electron chi connectivity index (χ3n) is 0.963. The van der Waals surface area contributed by atoms with E-state index in [0.717, 1.165) is 0 Å². The molecule has 0 aromatic heterocycles. The van der Waals surface area contributed by atoms with Gasteiger partial charge < -0.3 is 4.74 Å². The zero-order valence-electron chi connectivity index (χ0n) is 6.17. The van der Waals surface area contributed by atoms with E-state index in [1.54, 1.807) is 6.08 Å². The van der Waals surface area contributed by atoms with Gasteiger partial charge in [-0.2, -0.15) is 0 Å². The number of methoxy groups -OCH3 is 1. The average Bonchev–Trinajstić information content (AvgIpc) is 1.97. The molecule has 0 saturated heterocycles. The minimum Gasteiger partial charge on any atom is -0.466 e. The van der Waals surface area contributed by atoms with E-state index in [1.807, 2.05) is 0 Å². The Morgan fingerprint density at radius 2 is 2.18 bits per heavy atom. The summed E-state index contributed by atoms with van der Waals surface area (Å²) in [5, 5.41) is -0.403. The van der Waals surface area contributed by atoms with Gasteiger partial charge in [-0.15, -0.1) is 0 Å². The lowest BCUT2D eigenvalue weighted by molar-refractivity contribution is -0.134. The standard InChI is InChI=1S/C7H9ClO3/c1-11-7(10)5-3-2-4-6(8)9/h3,5H,2,4H2,1H3. The Morgan fingerprint density at radius 1 is 1.55 bits per heavy atom. The van der Waals surface area contributed by atoms with E-state index in [4.69, 9.17) is 11.6 Å². The van der Waals surface area contributed by atoms with Gasteiger partial charge in [0, 0.05) is 12.5 Å². The van der Waals surface area contributed by atoms with Crippen LogP contribution in [0, 0.1) is 0 Å². The van der Waals surface area contributed by atoms with Crippen LogP contribution in [-0.4, -0.2) is 18.3 Å². The molecule has 0 spiro atoms. The predicted octanol–water partition coefficient (Wildman–Crippen LogP) is 1.26. The molecule has 0 aliphatic heterocycles. The van der Waals surface area contributed by atoms with Crippen LogP contribution in [0.5, 0.6) is 0 Å². The van der Waals surface area contributed by atoms with Gasteiger partial charge in [0.05, 0.1) is 7.11 Å². The first kappa shape index (κ1) is 10.2. The van der Waals surface area contributed by atoms with E-state index in [2.05, 4.69) is 4.74 Å². The predicted molar refractivity (Wildman–Crippen MR) is 41.3 cm³/mol. The molecule has 0 aliphatic rings. The summed E-state index contributed by atoms with van der Waals surface area (Å²) >= 11 is 5.04. The third-order valence-corrected chi connectivity index (χ3v) is 1.15. The number of hydrogen-bond acceptors (Lipinski definition) is 3. The summed E-state index contributed by atoms with van der Waals surface area (Å²) in [6.45, 7) is 0. The van der Waals surface area contributed by atoms with Gasteiger partial charge >= 0.3 is 5.97 Å². The van der Waals surface area contributed by atoms with Crippen molar-refractivity contribution in [1.29, 1.82) is 0 Å². The summed E-state index contributed by atoms with van der Waals surface area (Å²) in [6.07, 6.45) is 3.53. The molecule has 0 radical (unpaired) electrons. The molecule has 0 aromatic carbocycles. The van der Waals surface area contributed by atoms with Gasteiger partial charge in [-0.25, -0.2) is 4.79 Å². The number of halogens is 1. The number of carbonyl (C=O) groups excluding carboxylic acids is 2. The monoisotopic (exact) mass is 176 g/mol. The fourth-order valence-corrected chi connectivity index (χ4v) is 0.554. The van der Waals surface area contributed by atoms with Crippen molar-refractivity contribution in [2.24, 2.45) is 0 Å². The second-order valence-electron chi connectivity index (χ2n) is 1.82. The van der Waals surface area contributed by atoms with Crippen LogP contribution >= 0.6 is 11.6 Å². The van der Waals surface area contributed by atoms with Crippen molar-refractivity contribution in [3.8, 4) is 0 Å². The second-order valence-corrected chi connectivity index (χ2v) is 2.24. The van der Waals surface area contributed by atoms with Crippen molar-refractivity contribution in [1.82, 2.24) is 0 Å². The summed E-state index contributed by atoms with van der Waals surface area (Å²) in [6, 6.07) is 0. The van der Waals surface area contributed by atoms with Crippen molar-refractivity contribution >= 4 is 22.8 Å². The molecule has 0 aromatic rings. The maximum atomic E-state index is 10.4. The molecule has 0 heterocycles. The Hall–Kier alpha value is -0.830. The molecule has 0 amide bonds. The van der Waals surface area contributed by atoms with Crippen LogP contribution in [0.2, 0.25) is 0 Å². The average molecular weight is 177 g/mol. The molecule has 0 bridgehead atoms. The molecule has 3 nitrogen and oxygen atoms in total. The van der Waals surface area contributed by atoms with Gasteiger partial charge in [0.25, 0.3) is 0 Å². The van der Waals surface area contributed by atoms with Gasteiger partial charge in [0.15, 0.2) is 0 Å². The van der Waals surface area contributed by atoms with Gasteiger partial charge in [0.1, 0.15) is 0 Å². The van der Waals surface area contributed by atoms with Crippen molar-refractivity contribution in [3.05, 3.63) is 12.2 Å². The largest absolute Gasteiger partial charge is 0.466 e. The van der Waals surface area contributed by atoms with Crippen LogP contribution < -0.4 is 0 Å². The molecular formula is C7H9ClO3. The van der Waals surface area contributed by atoms with Crippen LogP contribution in [0.1, 0.15) is 12.8 Å². The zero-order chi connectivity index (χ0) is 8.69. The maximum Gasteiger partial charge on any atom is 0.330 e. The van der Waals surface area contributed by atoms with Gasteiger partial charge in [-0.05, 0) is 18.0 Å². The number of carbonyl (C=O) groups is 2. The minimum atomic E-state index is -0.424. The number of esters is 1. The van der Waals surface area contributed by atoms with E-state index in [9.17, 15) is 9.59 Å². The van der Waals surface area contributed by atoms with E-state index >= 15 is 0 Å². The van der Waals surface area contributed by atoms with Crippen molar-refractivity contribution in [2.75, 3.05) is 7.11 Å². The van der Waals surface area contributed by atoms with Crippen molar-refractivity contribution < 1.29 is 14.3 Å². The molecule has 0 unspecified atom stereocenters. The highest BCUT2D eigenvalue weighted by Crippen LogP contribution is 1.95. The fourth-order valence-electron chi connectivity index (χ4n) is 0.444. The Kier molecular flexibility index (Phi) is 5.47. The fraction of sp³-hybridized carbons (Fsp3) is 0.429. The second kappa shape index (κ2) is 5.92. The van der Waals surface area contributed by atoms with Crippen LogP contribution in [0.25, 0.3) is 0 Å². The summed E-state index contributed by atoms with van der Waals surface area (Å²) in [5.41, 5.74) is 0. The summed E-state index contributed by atoms with van der Waals surface area (Å²) in [4.78, 5) is 20.6. The summed E-state index contributed by atoms with van der Waals surface area (Å²) in [7, 11) is 1.29. The molecule has 0 aliphatic carbocycles. The molecule has 0 N–H and O–H groups in total. The topological polar surface area (TPSA) is 43.4 Å². The lowest BCUT2D eigenvalue weighted by atomic mass is 10.3. The number of ether oxygens (including phenoxy) is 1. The summed E-state index contributed by atoms with van der Waals surface area (Å²) < 4.78 is 4.31. The van der Waals surface area contributed by atoms with Crippen molar-refractivity contribution in [2.45, 2.75) is 12.8 Å². The third kappa shape index (κ3) is 7.06. The molecule has 62 valence electrons. The first-order valence-electron chi connectivity index (χ1n) is 3.09. The van der Waals surface area contributed by atoms with Gasteiger partial charge in [0.2, 0.25) is 5.24 Å². The quantitative estimate of drug-likeness (QED) is 0.368. The highest BCUT2D eigenvalue weighted by Gasteiger charge is 1.93. The Labute approximate surface area is 70.0 Å². The zero-order valence-corrected chi connectivity index (χ0v) is 6.93. The lowest BCUT2D eigenvalue weighted by Gasteiger charge is -1.88. The molecular weight excluding hydrogens is 168 g/mol. The highest BCUT2D eigenvalue weighted by atomic mass is 35.5. The SMILES string of the molecule is COC(=O)C=CCCC(=O)Cl. The first-order chi connectivity index (χ1) is 5.16. The van der Waals surface area contributed by atoms with Gasteiger partial charge in [-0.1, -0.05) is 6.08 Å². The first-order valence-corrected chi connectivity index (χ1v) is 3.47. The number of rotatable bonds is 4. The number of hydrogen-bond donors (Lipinski definition) is 0. The van der Waals surface area contributed by atoms with E-state index in [-0.39, 0.29) is 6.42 Å². The smallest absolute Gasteiger partial charge is 0.330 e. The molecule has 11 heavy (non-hydrogen) atoms. The molecule has 4 heteroatoms. The Balaban J connectivity index is 3.45. The molecule has 0 fully saturated rings. The minimum absolute atomic E-state index is 0.245. The van der Waals surface area contributed by atoms with E-state index in [0.29, 0.717) is 6.42 Å². The molecule has 0 rings (SSSR count). The lowest BCUT2D eigenvalue weighted by Crippen LogP contribution is -1.93. The van der Waals surface area contributed by atoms with Crippen LogP contribution in [0.3, 0.4) is 0 Å². The highest BCUT2D eigenvalue weighted by molar-refractivity contribution is 6.63. The van der Waals surface area contributed by atoms with Gasteiger partial charge in [-0.3, -0.25) is 4.79 Å². The Bertz CT molecular complexity index is 175. The summed E-state index contributed by atoms with van der Waals surface area (Å²) in [5.74, 6) is -0.424. The maximum absolute atomic E-state index is 10.4. The van der Waals surface area contributed by atoms with Crippen LogP contribution in [-0.2, 0) is 14.3 Å². The van der Waals surface area contributed by atoms with Crippen LogP contribution in [0.15, 0.2) is 12.2 Å². The molecule has 0 saturated carbocycles. The van der Waals surface area contributed by atoms with E-state index in [1.165, 1.54) is 13.2 Å². The normalized spacial score (nSPS) is 10.0. The van der Waals surface area contributed by atoms with Crippen molar-refractivity contribution in [3.63, 3.8) is 0 Å². The Morgan fingerprint density at radius 3 is 2.64 bits per heavy atom. The van der Waals surface area contributed by atoms with Crippen LogP contribution in [0.4, 0.5) is 0 Å². The van der Waals surface area contributed by atoms with E-state index < -0.39 is 11.2 Å². The molecule has 0 atom stereocenters.